The van der Waals surface area contributed by atoms with Crippen molar-refractivity contribution >= 4 is 5.91 Å². The van der Waals surface area contributed by atoms with Gasteiger partial charge in [-0.25, -0.2) is 0 Å². The van der Waals surface area contributed by atoms with Crippen molar-refractivity contribution in [2.45, 2.75) is 78.2 Å². The number of carbonyl (C=O) groups excluding carboxylic acids is 1. The summed E-state index contributed by atoms with van der Waals surface area (Å²) in [4.78, 5) is 11.4. The third-order valence-corrected chi connectivity index (χ3v) is 3.60. The van der Waals surface area contributed by atoms with Gasteiger partial charge in [-0.05, 0) is 39.5 Å². The SMILES string of the molecule is CCCCCCCOCCOCCCCCNC(=O)COC(C)C. The van der Waals surface area contributed by atoms with Gasteiger partial charge in [0.2, 0.25) is 5.91 Å². The van der Waals surface area contributed by atoms with Crippen molar-refractivity contribution in [2.75, 3.05) is 39.6 Å². The van der Waals surface area contributed by atoms with Crippen molar-refractivity contribution in [1.29, 1.82) is 0 Å². The predicted octanol–water partition coefficient (Wildman–Crippen LogP) is 3.70. The molecule has 0 spiro atoms. The monoisotopic (exact) mass is 345 g/mol. The number of rotatable bonds is 18. The maximum absolute atomic E-state index is 11.4. The van der Waals surface area contributed by atoms with Gasteiger partial charge < -0.3 is 19.5 Å². The largest absolute Gasteiger partial charge is 0.379 e. The van der Waals surface area contributed by atoms with Crippen LogP contribution in [0.3, 0.4) is 0 Å². The van der Waals surface area contributed by atoms with Crippen LogP contribution in [0.2, 0.25) is 0 Å². The van der Waals surface area contributed by atoms with E-state index in [0.29, 0.717) is 19.8 Å². The Morgan fingerprint density at radius 2 is 1.42 bits per heavy atom. The first kappa shape index (κ1) is 23.4. The quantitative estimate of drug-likeness (QED) is 0.385. The summed E-state index contributed by atoms with van der Waals surface area (Å²) in [5, 5.41) is 2.86. The van der Waals surface area contributed by atoms with Crippen molar-refractivity contribution in [3.05, 3.63) is 0 Å². The minimum absolute atomic E-state index is 0.0354. The molecule has 5 nitrogen and oxygen atoms in total. The summed E-state index contributed by atoms with van der Waals surface area (Å²) in [6.07, 6.45) is 9.53. The van der Waals surface area contributed by atoms with Gasteiger partial charge in [0.15, 0.2) is 0 Å². The molecule has 0 aliphatic carbocycles. The van der Waals surface area contributed by atoms with Gasteiger partial charge in [-0.2, -0.15) is 0 Å². The van der Waals surface area contributed by atoms with Crippen LogP contribution in [0, 0.1) is 0 Å². The summed E-state index contributed by atoms with van der Waals surface area (Å²) in [5.41, 5.74) is 0. The normalized spacial score (nSPS) is 11.2. The van der Waals surface area contributed by atoms with Crippen LogP contribution in [0.1, 0.15) is 72.1 Å². The van der Waals surface area contributed by atoms with Crippen molar-refractivity contribution in [2.24, 2.45) is 0 Å². The summed E-state index contributed by atoms with van der Waals surface area (Å²) in [5.74, 6) is -0.0354. The third-order valence-electron chi connectivity index (χ3n) is 3.60. The van der Waals surface area contributed by atoms with E-state index in [-0.39, 0.29) is 18.6 Å². The third kappa shape index (κ3) is 19.4. The number of amides is 1. The molecule has 0 aliphatic heterocycles. The smallest absolute Gasteiger partial charge is 0.246 e. The van der Waals surface area contributed by atoms with Gasteiger partial charge in [-0.1, -0.05) is 32.6 Å². The zero-order valence-electron chi connectivity index (χ0n) is 16.1. The number of ether oxygens (including phenoxy) is 3. The summed E-state index contributed by atoms with van der Waals surface area (Å²) in [6.45, 7) is 9.93. The van der Waals surface area contributed by atoms with E-state index in [1.165, 1.54) is 25.7 Å². The second-order valence-corrected chi connectivity index (χ2v) is 6.41. The Morgan fingerprint density at radius 3 is 2.00 bits per heavy atom. The number of hydrogen-bond acceptors (Lipinski definition) is 4. The molecule has 0 aromatic heterocycles. The lowest BCUT2D eigenvalue weighted by Crippen LogP contribution is -2.29. The van der Waals surface area contributed by atoms with E-state index in [2.05, 4.69) is 12.2 Å². The molecule has 1 amide bonds. The number of carbonyl (C=O) groups is 1. The first-order valence-corrected chi connectivity index (χ1v) is 9.70. The Kier molecular flexibility index (Phi) is 18.2. The van der Waals surface area contributed by atoms with E-state index < -0.39 is 0 Å². The lowest BCUT2D eigenvalue weighted by molar-refractivity contribution is -0.127. The zero-order valence-corrected chi connectivity index (χ0v) is 16.1. The second-order valence-electron chi connectivity index (χ2n) is 6.41. The molecule has 0 atom stereocenters. The Balaban J connectivity index is 3.08. The van der Waals surface area contributed by atoms with Crippen molar-refractivity contribution in [1.82, 2.24) is 5.32 Å². The fourth-order valence-corrected chi connectivity index (χ4v) is 2.16. The molecular weight excluding hydrogens is 306 g/mol. The van der Waals surface area contributed by atoms with Crippen LogP contribution in [-0.2, 0) is 19.0 Å². The van der Waals surface area contributed by atoms with Crippen LogP contribution in [0.4, 0.5) is 0 Å². The molecule has 0 aliphatic rings. The molecule has 0 aromatic carbocycles. The highest BCUT2D eigenvalue weighted by atomic mass is 16.5. The summed E-state index contributed by atoms with van der Waals surface area (Å²) < 4.78 is 16.3. The molecule has 5 heteroatoms. The van der Waals surface area contributed by atoms with Crippen LogP contribution in [0.25, 0.3) is 0 Å². The number of nitrogens with one attached hydrogen (secondary N) is 1. The molecule has 0 fully saturated rings. The van der Waals surface area contributed by atoms with Crippen molar-refractivity contribution in [3.8, 4) is 0 Å². The Morgan fingerprint density at radius 1 is 0.833 bits per heavy atom. The van der Waals surface area contributed by atoms with E-state index in [1.54, 1.807) is 0 Å². The van der Waals surface area contributed by atoms with Gasteiger partial charge in [-0.3, -0.25) is 4.79 Å². The molecule has 24 heavy (non-hydrogen) atoms. The summed E-state index contributed by atoms with van der Waals surface area (Å²) in [6, 6.07) is 0. The number of hydrogen-bond donors (Lipinski definition) is 1. The topological polar surface area (TPSA) is 56.8 Å². The van der Waals surface area contributed by atoms with E-state index in [1.807, 2.05) is 13.8 Å². The average molecular weight is 346 g/mol. The highest BCUT2D eigenvalue weighted by molar-refractivity contribution is 5.77. The standard InChI is InChI=1S/C19H39NO4/c1-4-5-6-7-10-13-22-15-16-23-14-11-8-9-12-20-19(21)17-24-18(2)3/h18H,4-17H2,1-3H3,(H,20,21). The van der Waals surface area contributed by atoms with E-state index in [0.717, 1.165) is 38.9 Å². The molecule has 1 N–H and O–H groups in total. The molecule has 0 heterocycles. The Hall–Kier alpha value is -0.650. The summed E-state index contributed by atoms with van der Waals surface area (Å²) >= 11 is 0. The zero-order chi connectivity index (χ0) is 17.9. The molecule has 0 saturated heterocycles. The minimum Gasteiger partial charge on any atom is -0.379 e. The van der Waals surface area contributed by atoms with Gasteiger partial charge in [0.05, 0.1) is 19.3 Å². The first-order chi connectivity index (χ1) is 11.7. The van der Waals surface area contributed by atoms with Crippen LogP contribution < -0.4 is 5.32 Å². The fraction of sp³-hybridized carbons (Fsp3) is 0.947. The average Bonchev–Trinajstić information content (AvgIpc) is 2.56. The summed E-state index contributed by atoms with van der Waals surface area (Å²) in [7, 11) is 0. The van der Waals surface area contributed by atoms with Crippen LogP contribution in [0.5, 0.6) is 0 Å². The van der Waals surface area contributed by atoms with Crippen LogP contribution in [-0.4, -0.2) is 51.6 Å². The maximum atomic E-state index is 11.4. The molecular formula is C19H39NO4. The van der Waals surface area contributed by atoms with Gasteiger partial charge in [0.25, 0.3) is 0 Å². The molecule has 0 bridgehead atoms. The van der Waals surface area contributed by atoms with E-state index >= 15 is 0 Å². The lowest BCUT2D eigenvalue weighted by Gasteiger charge is -2.08. The highest BCUT2D eigenvalue weighted by Crippen LogP contribution is 2.02. The van der Waals surface area contributed by atoms with E-state index in [4.69, 9.17) is 14.2 Å². The van der Waals surface area contributed by atoms with Gasteiger partial charge in [0, 0.05) is 19.8 Å². The highest BCUT2D eigenvalue weighted by Gasteiger charge is 2.02. The molecule has 0 unspecified atom stereocenters. The Bertz CT molecular complexity index is 272. The fourth-order valence-electron chi connectivity index (χ4n) is 2.16. The van der Waals surface area contributed by atoms with Crippen molar-refractivity contribution in [3.63, 3.8) is 0 Å². The Labute approximate surface area is 148 Å². The lowest BCUT2D eigenvalue weighted by atomic mass is 10.2. The molecule has 144 valence electrons. The molecule has 0 aromatic rings. The predicted molar refractivity (Wildman–Crippen MR) is 98.3 cm³/mol. The van der Waals surface area contributed by atoms with Gasteiger partial charge in [0.1, 0.15) is 6.61 Å². The maximum Gasteiger partial charge on any atom is 0.246 e. The van der Waals surface area contributed by atoms with Gasteiger partial charge >= 0.3 is 0 Å². The van der Waals surface area contributed by atoms with Gasteiger partial charge in [-0.15, -0.1) is 0 Å². The van der Waals surface area contributed by atoms with Crippen molar-refractivity contribution < 1.29 is 19.0 Å². The first-order valence-electron chi connectivity index (χ1n) is 9.70. The van der Waals surface area contributed by atoms with Crippen LogP contribution in [0.15, 0.2) is 0 Å². The molecule has 0 saturated carbocycles. The second kappa shape index (κ2) is 18.7. The molecule has 0 rings (SSSR count). The minimum atomic E-state index is -0.0354. The number of unbranched alkanes of at least 4 members (excludes halogenated alkanes) is 6. The van der Waals surface area contributed by atoms with E-state index in [9.17, 15) is 4.79 Å². The molecule has 0 radical (unpaired) electrons. The van der Waals surface area contributed by atoms with Crippen LogP contribution >= 0.6 is 0 Å².